The number of amides is 1. The SMILES string of the molecule is CN(C)CCn1nc(NC(=O)OC(C)(C)C)ccc1=O. The molecule has 0 radical (unpaired) electrons. The largest absolute Gasteiger partial charge is 0.444 e. The summed E-state index contributed by atoms with van der Waals surface area (Å²) in [6.07, 6.45) is -0.595. The van der Waals surface area contributed by atoms with Crippen LogP contribution in [0.1, 0.15) is 20.8 Å². The molecule has 1 rings (SSSR count). The van der Waals surface area contributed by atoms with Gasteiger partial charge in [-0.25, -0.2) is 9.48 Å². The van der Waals surface area contributed by atoms with E-state index in [4.69, 9.17) is 4.74 Å². The number of aromatic nitrogens is 2. The highest BCUT2D eigenvalue weighted by Gasteiger charge is 2.16. The Labute approximate surface area is 118 Å². The Morgan fingerprint density at radius 1 is 1.40 bits per heavy atom. The normalized spacial score (nSPS) is 11.5. The lowest BCUT2D eigenvalue weighted by molar-refractivity contribution is 0.0635. The van der Waals surface area contributed by atoms with Crippen molar-refractivity contribution in [3.05, 3.63) is 22.5 Å². The molecular weight excluding hydrogens is 260 g/mol. The summed E-state index contributed by atoms with van der Waals surface area (Å²) in [6.45, 7) is 6.46. The number of hydrogen-bond acceptors (Lipinski definition) is 5. The highest BCUT2D eigenvalue weighted by molar-refractivity contribution is 5.83. The predicted octanol–water partition coefficient (Wildman–Crippen LogP) is 1.15. The molecule has 0 spiro atoms. The van der Waals surface area contributed by atoms with E-state index in [0.717, 1.165) is 0 Å². The molecule has 1 N–H and O–H groups in total. The van der Waals surface area contributed by atoms with Crippen molar-refractivity contribution in [2.75, 3.05) is 26.0 Å². The van der Waals surface area contributed by atoms with Crippen molar-refractivity contribution in [2.24, 2.45) is 0 Å². The first-order chi connectivity index (χ1) is 9.17. The average Bonchev–Trinajstić information content (AvgIpc) is 2.27. The van der Waals surface area contributed by atoms with Gasteiger partial charge in [0, 0.05) is 12.6 Å². The Morgan fingerprint density at radius 3 is 2.60 bits per heavy atom. The van der Waals surface area contributed by atoms with E-state index in [1.807, 2.05) is 19.0 Å². The highest BCUT2D eigenvalue weighted by atomic mass is 16.6. The van der Waals surface area contributed by atoms with Crippen molar-refractivity contribution in [3.63, 3.8) is 0 Å². The van der Waals surface area contributed by atoms with E-state index in [1.165, 1.54) is 16.8 Å². The van der Waals surface area contributed by atoms with Crippen molar-refractivity contribution in [2.45, 2.75) is 32.9 Å². The molecule has 0 atom stereocenters. The maximum atomic E-state index is 11.6. The van der Waals surface area contributed by atoms with E-state index in [-0.39, 0.29) is 11.4 Å². The van der Waals surface area contributed by atoms with Crippen LogP contribution in [-0.2, 0) is 11.3 Å². The molecule has 1 heterocycles. The van der Waals surface area contributed by atoms with Crippen molar-refractivity contribution in [1.29, 1.82) is 0 Å². The molecule has 0 aliphatic heterocycles. The van der Waals surface area contributed by atoms with Crippen LogP contribution in [0.3, 0.4) is 0 Å². The van der Waals surface area contributed by atoms with E-state index in [9.17, 15) is 9.59 Å². The summed E-state index contributed by atoms with van der Waals surface area (Å²) in [5.41, 5.74) is -0.787. The second-order valence-electron chi connectivity index (χ2n) is 5.71. The van der Waals surface area contributed by atoms with Crippen LogP contribution < -0.4 is 10.9 Å². The summed E-state index contributed by atoms with van der Waals surface area (Å²) < 4.78 is 6.44. The van der Waals surface area contributed by atoms with Gasteiger partial charge in [0.15, 0.2) is 5.82 Å². The standard InChI is InChI=1S/C13H22N4O3/c1-13(2,3)20-12(19)14-10-6-7-11(18)17(15-10)9-8-16(4)5/h6-7H,8-9H2,1-5H3,(H,14,15,19). The topological polar surface area (TPSA) is 76.5 Å². The molecule has 1 amide bonds. The molecule has 0 unspecified atom stereocenters. The van der Waals surface area contributed by atoms with Crippen LogP contribution in [0.5, 0.6) is 0 Å². The van der Waals surface area contributed by atoms with Crippen LogP contribution in [0, 0.1) is 0 Å². The molecule has 0 aliphatic carbocycles. The molecule has 0 saturated heterocycles. The third-order valence-corrected chi connectivity index (χ3v) is 2.25. The van der Waals surface area contributed by atoms with Gasteiger partial charge in [-0.2, -0.15) is 5.10 Å². The fourth-order valence-electron chi connectivity index (χ4n) is 1.38. The molecule has 7 heteroatoms. The van der Waals surface area contributed by atoms with E-state index in [1.54, 1.807) is 20.8 Å². The van der Waals surface area contributed by atoms with Gasteiger partial charge < -0.3 is 9.64 Å². The number of rotatable bonds is 4. The Bertz CT molecular complexity index is 517. The van der Waals surface area contributed by atoms with Gasteiger partial charge in [-0.3, -0.25) is 10.1 Å². The van der Waals surface area contributed by atoms with Gasteiger partial charge in [0.25, 0.3) is 5.56 Å². The predicted molar refractivity (Wildman–Crippen MR) is 76.9 cm³/mol. The number of anilines is 1. The van der Waals surface area contributed by atoms with Gasteiger partial charge in [-0.15, -0.1) is 0 Å². The number of ether oxygens (including phenoxy) is 1. The van der Waals surface area contributed by atoms with Crippen molar-refractivity contribution in [1.82, 2.24) is 14.7 Å². The first-order valence-corrected chi connectivity index (χ1v) is 6.40. The fourth-order valence-corrected chi connectivity index (χ4v) is 1.38. The lowest BCUT2D eigenvalue weighted by atomic mass is 10.2. The van der Waals surface area contributed by atoms with E-state index in [2.05, 4.69) is 10.4 Å². The minimum absolute atomic E-state index is 0.207. The third-order valence-electron chi connectivity index (χ3n) is 2.25. The Kier molecular flexibility index (Phi) is 5.26. The number of nitrogens with one attached hydrogen (secondary N) is 1. The Hall–Kier alpha value is -1.89. The summed E-state index contributed by atoms with van der Waals surface area (Å²) in [4.78, 5) is 25.2. The zero-order valence-corrected chi connectivity index (χ0v) is 12.6. The molecule has 0 aliphatic rings. The van der Waals surface area contributed by atoms with Crippen LogP contribution >= 0.6 is 0 Å². The zero-order chi connectivity index (χ0) is 15.3. The van der Waals surface area contributed by atoms with Crippen LogP contribution in [-0.4, -0.2) is 47.0 Å². The van der Waals surface area contributed by atoms with E-state index >= 15 is 0 Å². The minimum Gasteiger partial charge on any atom is -0.444 e. The van der Waals surface area contributed by atoms with E-state index < -0.39 is 11.7 Å². The number of carbonyl (C=O) groups is 1. The summed E-state index contributed by atoms with van der Waals surface area (Å²) in [5, 5.41) is 6.59. The molecule has 7 nitrogen and oxygen atoms in total. The average molecular weight is 282 g/mol. The van der Waals surface area contributed by atoms with E-state index in [0.29, 0.717) is 13.1 Å². The van der Waals surface area contributed by atoms with Crippen molar-refractivity contribution >= 4 is 11.9 Å². The maximum Gasteiger partial charge on any atom is 0.413 e. The summed E-state index contributed by atoms with van der Waals surface area (Å²) in [7, 11) is 3.82. The van der Waals surface area contributed by atoms with Gasteiger partial charge in [0.05, 0.1) is 6.54 Å². The first-order valence-electron chi connectivity index (χ1n) is 6.40. The number of likely N-dealkylation sites (N-methyl/N-ethyl adjacent to an activating group) is 1. The molecular formula is C13H22N4O3. The second kappa shape index (κ2) is 6.51. The molecule has 0 aromatic carbocycles. The molecule has 0 saturated carbocycles. The van der Waals surface area contributed by atoms with Crippen LogP contribution in [0.4, 0.5) is 10.6 Å². The Balaban J connectivity index is 2.74. The van der Waals surface area contributed by atoms with Gasteiger partial charge in [0.2, 0.25) is 0 Å². The summed E-state index contributed by atoms with van der Waals surface area (Å²) in [6, 6.07) is 2.83. The molecule has 1 aromatic heterocycles. The van der Waals surface area contributed by atoms with Crippen LogP contribution in [0.2, 0.25) is 0 Å². The summed E-state index contributed by atoms with van der Waals surface area (Å²) >= 11 is 0. The molecule has 0 fully saturated rings. The smallest absolute Gasteiger partial charge is 0.413 e. The highest BCUT2D eigenvalue weighted by Crippen LogP contribution is 2.09. The molecule has 112 valence electrons. The lowest BCUT2D eigenvalue weighted by Gasteiger charge is -2.19. The quantitative estimate of drug-likeness (QED) is 0.896. The molecule has 1 aromatic rings. The molecule has 20 heavy (non-hydrogen) atoms. The number of nitrogens with zero attached hydrogens (tertiary/aromatic N) is 3. The lowest BCUT2D eigenvalue weighted by Crippen LogP contribution is -2.31. The molecule has 0 bridgehead atoms. The van der Waals surface area contributed by atoms with Gasteiger partial charge in [-0.1, -0.05) is 0 Å². The van der Waals surface area contributed by atoms with Gasteiger partial charge in [0.1, 0.15) is 5.60 Å². The summed E-state index contributed by atoms with van der Waals surface area (Å²) in [5.74, 6) is 0.289. The fraction of sp³-hybridized carbons (Fsp3) is 0.615. The number of carbonyl (C=O) groups excluding carboxylic acids is 1. The van der Waals surface area contributed by atoms with Crippen molar-refractivity contribution in [3.8, 4) is 0 Å². The monoisotopic (exact) mass is 282 g/mol. The Morgan fingerprint density at radius 2 is 2.05 bits per heavy atom. The third kappa shape index (κ3) is 5.83. The van der Waals surface area contributed by atoms with Crippen LogP contribution in [0.15, 0.2) is 16.9 Å². The maximum absolute atomic E-state index is 11.6. The van der Waals surface area contributed by atoms with Crippen molar-refractivity contribution < 1.29 is 9.53 Å². The van der Waals surface area contributed by atoms with Crippen LogP contribution in [0.25, 0.3) is 0 Å². The van der Waals surface area contributed by atoms with Gasteiger partial charge >= 0.3 is 6.09 Å². The van der Waals surface area contributed by atoms with Gasteiger partial charge in [-0.05, 0) is 40.9 Å². The minimum atomic E-state index is -0.595. The second-order valence-corrected chi connectivity index (χ2v) is 5.71. The first kappa shape index (κ1) is 16.2. The zero-order valence-electron chi connectivity index (χ0n) is 12.6. The number of hydrogen-bond donors (Lipinski definition) is 1.